The first kappa shape index (κ1) is 26.5. The van der Waals surface area contributed by atoms with Gasteiger partial charge in [0, 0.05) is 20.2 Å². The topological polar surface area (TPSA) is 0 Å². The van der Waals surface area contributed by atoms with Crippen LogP contribution in [-0.2, 0) is 0 Å². The molecule has 0 aliphatic carbocycles. The van der Waals surface area contributed by atoms with Gasteiger partial charge in [-0.1, -0.05) is 146 Å². The summed E-state index contributed by atoms with van der Waals surface area (Å²) in [5, 5.41) is 12.9. The van der Waals surface area contributed by atoms with Crippen molar-refractivity contribution in [3.63, 3.8) is 0 Å². The lowest BCUT2D eigenvalue weighted by Gasteiger charge is -2.19. The summed E-state index contributed by atoms with van der Waals surface area (Å²) in [6.07, 6.45) is 0. The molecule has 0 fully saturated rings. The van der Waals surface area contributed by atoms with Gasteiger partial charge in [-0.25, -0.2) is 0 Å². The molecule has 0 bridgehead atoms. The normalized spacial score (nSPS) is 11.8. The molecule has 0 aliphatic rings. The van der Waals surface area contributed by atoms with Gasteiger partial charge in [0.15, 0.2) is 0 Å². The molecule has 0 aliphatic heterocycles. The molecule has 0 saturated carbocycles. The highest BCUT2D eigenvalue weighted by molar-refractivity contribution is 7.26. The minimum absolute atomic E-state index is 1.24. The summed E-state index contributed by atoms with van der Waals surface area (Å²) in [6.45, 7) is 0. The van der Waals surface area contributed by atoms with Gasteiger partial charge in [-0.3, -0.25) is 0 Å². The van der Waals surface area contributed by atoms with Crippen LogP contribution in [0.3, 0.4) is 0 Å². The molecule has 1 heterocycles. The van der Waals surface area contributed by atoms with Crippen molar-refractivity contribution >= 4 is 74.6 Å². The van der Waals surface area contributed by atoms with E-state index in [9.17, 15) is 0 Å². The highest BCUT2D eigenvalue weighted by atomic mass is 32.1. The zero-order chi connectivity index (χ0) is 30.9. The van der Waals surface area contributed by atoms with Crippen molar-refractivity contribution in [3.8, 4) is 33.4 Å². The molecule has 0 nitrogen and oxygen atoms in total. The van der Waals surface area contributed by atoms with E-state index < -0.39 is 0 Å². The van der Waals surface area contributed by atoms with E-state index in [4.69, 9.17) is 0 Å². The van der Waals surface area contributed by atoms with Gasteiger partial charge in [-0.05, 0) is 101 Å². The first-order chi connectivity index (χ1) is 23.3. The van der Waals surface area contributed by atoms with E-state index in [1.807, 2.05) is 11.3 Å². The Labute approximate surface area is 276 Å². The summed E-state index contributed by atoms with van der Waals surface area (Å²) in [6, 6.07) is 62.7. The number of rotatable bonds is 3. The standard InChI is InChI=1S/C46H28S/c1-2-13-30(14-3-1)44-36-18-8-10-20-38(36)45(39-21-11-9-19-37(39)44)42-28-33(26-32-15-5-6-16-34(32)42)31-23-25-43-41(27-31)40-24-22-29-12-4-7-17-35(29)46(40)47-43/h1-28H. The quantitative estimate of drug-likeness (QED) is 0.174. The van der Waals surface area contributed by atoms with E-state index in [1.165, 1.54) is 96.6 Å². The second-order valence-electron chi connectivity index (χ2n) is 12.4. The fourth-order valence-electron chi connectivity index (χ4n) is 7.70. The number of hydrogen-bond donors (Lipinski definition) is 0. The molecule has 0 radical (unpaired) electrons. The molecule has 0 N–H and O–H groups in total. The molecule has 10 rings (SSSR count). The summed E-state index contributed by atoms with van der Waals surface area (Å²) in [5.74, 6) is 0. The number of thiophene rings is 1. The Balaban J connectivity index is 1.27. The molecule has 0 saturated heterocycles. The highest BCUT2D eigenvalue weighted by Crippen LogP contribution is 2.47. The molecule has 1 heteroatoms. The molecular weight excluding hydrogens is 585 g/mol. The summed E-state index contributed by atoms with van der Waals surface area (Å²) in [7, 11) is 0. The molecular formula is C46H28S. The smallest absolute Gasteiger partial charge is 0.0433 e. The van der Waals surface area contributed by atoms with Crippen molar-refractivity contribution in [2.75, 3.05) is 0 Å². The first-order valence-corrected chi connectivity index (χ1v) is 17.0. The van der Waals surface area contributed by atoms with Crippen molar-refractivity contribution in [3.05, 3.63) is 170 Å². The molecule has 47 heavy (non-hydrogen) atoms. The Morgan fingerprint density at radius 3 is 1.62 bits per heavy atom. The molecule has 0 unspecified atom stereocenters. The minimum Gasteiger partial charge on any atom is -0.135 e. The highest BCUT2D eigenvalue weighted by Gasteiger charge is 2.19. The third-order valence-corrected chi connectivity index (χ3v) is 11.0. The third kappa shape index (κ3) is 4.07. The Hall–Kier alpha value is -5.76. The van der Waals surface area contributed by atoms with Crippen molar-refractivity contribution < 1.29 is 0 Å². The zero-order valence-electron chi connectivity index (χ0n) is 25.6. The van der Waals surface area contributed by atoms with Crippen molar-refractivity contribution in [1.82, 2.24) is 0 Å². The third-order valence-electron chi connectivity index (χ3n) is 9.82. The molecule has 218 valence electrons. The van der Waals surface area contributed by atoms with Crippen molar-refractivity contribution in [1.29, 1.82) is 0 Å². The van der Waals surface area contributed by atoms with Crippen LogP contribution in [0.5, 0.6) is 0 Å². The van der Waals surface area contributed by atoms with Crippen LogP contribution in [0.4, 0.5) is 0 Å². The lowest BCUT2D eigenvalue weighted by molar-refractivity contribution is 1.65. The summed E-state index contributed by atoms with van der Waals surface area (Å²) < 4.78 is 2.69. The van der Waals surface area contributed by atoms with Crippen LogP contribution < -0.4 is 0 Å². The van der Waals surface area contributed by atoms with E-state index in [0.29, 0.717) is 0 Å². The Morgan fingerprint density at radius 2 is 0.894 bits per heavy atom. The fraction of sp³-hybridized carbons (Fsp3) is 0. The lowest BCUT2D eigenvalue weighted by Crippen LogP contribution is -1.92. The molecule has 1 aromatic heterocycles. The number of hydrogen-bond acceptors (Lipinski definition) is 1. The Morgan fingerprint density at radius 1 is 0.298 bits per heavy atom. The second kappa shape index (κ2) is 10.4. The van der Waals surface area contributed by atoms with Crippen LogP contribution in [0.25, 0.3) is 96.6 Å². The van der Waals surface area contributed by atoms with Gasteiger partial charge in [-0.15, -0.1) is 11.3 Å². The van der Waals surface area contributed by atoms with E-state index in [0.717, 1.165) is 0 Å². The van der Waals surface area contributed by atoms with E-state index in [1.54, 1.807) is 0 Å². The predicted octanol–water partition coefficient (Wildman–Crippen LogP) is 13.7. The maximum Gasteiger partial charge on any atom is 0.0433 e. The first-order valence-electron chi connectivity index (χ1n) is 16.2. The minimum atomic E-state index is 1.24. The van der Waals surface area contributed by atoms with Gasteiger partial charge in [-0.2, -0.15) is 0 Å². The summed E-state index contributed by atoms with van der Waals surface area (Å²) >= 11 is 1.90. The number of fused-ring (bicyclic) bond motifs is 8. The summed E-state index contributed by atoms with van der Waals surface area (Å²) in [5.41, 5.74) is 7.58. The SMILES string of the molecule is c1ccc(-c2c3ccccc3c(-c3cc(-c4ccc5sc6c7ccccc7ccc6c5c4)cc4ccccc34)c3ccccc23)cc1. The van der Waals surface area contributed by atoms with Gasteiger partial charge < -0.3 is 0 Å². The largest absolute Gasteiger partial charge is 0.135 e. The van der Waals surface area contributed by atoms with Gasteiger partial charge in [0.05, 0.1) is 0 Å². The molecule has 0 amide bonds. The van der Waals surface area contributed by atoms with E-state index >= 15 is 0 Å². The van der Waals surface area contributed by atoms with Gasteiger partial charge >= 0.3 is 0 Å². The van der Waals surface area contributed by atoms with E-state index in [-0.39, 0.29) is 0 Å². The van der Waals surface area contributed by atoms with Crippen LogP contribution in [-0.4, -0.2) is 0 Å². The monoisotopic (exact) mass is 612 g/mol. The maximum absolute atomic E-state index is 2.43. The van der Waals surface area contributed by atoms with Crippen LogP contribution >= 0.6 is 11.3 Å². The second-order valence-corrected chi connectivity index (χ2v) is 13.5. The molecule has 9 aromatic carbocycles. The van der Waals surface area contributed by atoms with Gasteiger partial charge in [0.2, 0.25) is 0 Å². The zero-order valence-corrected chi connectivity index (χ0v) is 26.4. The van der Waals surface area contributed by atoms with Gasteiger partial charge in [0.25, 0.3) is 0 Å². The summed E-state index contributed by atoms with van der Waals surface area (Å²) in [4.78, 5) is 0. The predicted molar refractivity (Wildman–Crippen MR) is 206 cm³/mol. The Kier molecular flexibility index (Phi) is 5.85. The maximum atomic E-state index is 2.43. The van der Waals surface area contributed by atoms with Crippen molar-refractivity contribution in [2.24, 2.45) is 0 Å². The molecule has 10 aromatic rings. The van der Waals surface area contributed by atoms with Crippen LogP contribution in [0.2, 0.25) is 0 Å². The average Bonchev–Trinajstić information content (AvgIpc) is 3.52. The van der Waals surface area contributed by atoms with Crippen LogP contribution in [0.15, 0.2) is 170 Å². The van der Waals surface area contributed by atoms with E-state index in [2.05, 4.69) is 170 Å². The Bertz CT molecular complexity index is 2780. The van der Waals surface area contributed by atoms with Crippen LogP contribution in [0.1, 0.15) is 0 Å². The fourth-order valence-corrected chi connectivity index (χ4v) is 8.92. The van der Waals surface area contributed by atoms with Crippen LogP contribution in [0, 0.1) is 0 Å². The molecule has 0 atom stereocenters. The van der Waals surface area contributed by atoms with Gasteiger partial charge in [0.1, 0.15) is 0 Å². The average molecular weight is 613 g/mol. The van der Waals surface area contributed by atoms with Crippen molar-refractivity contribution in [2.45, 2.75) is 0 Å². The molecule has 0 spiro atoms. The number of benzene rings is 9. The lowest BCUT2D eigenvalue weighted by atomic mass is 9.84.